The van der Waals surface area contributed by atoms with Crippen molar-refractivity contribution in [3.05, 3.63) is 75.8 Å². The van der Waals surface area contributed by atoms with Crippen LogP contribution >= 0.6 is 22.7 Å². The Morgan fingerprint density at radius 1 is 0.906 bits per heavy atom. The molecule has 3 aromatic rings. The molecule has 0 radical (unpaired) electrons. The highest BCUT2D eigenvalue weighted by atomic mass is 32.2. The smallest absolute Gasteiger partial charge is 0.262 e. The molecule has 2 amide bonds. The molecule has 1 aliphatic rings. The van der Waals surface area contributed by atoms with Crippen LogP contribution in [0.2, 0.25) is 0 Å². The number of nitrogens with zero attached hydrogens (tertiary/aromatic N) is 2. The van der Waals surface area contributed by atoms with Crippen LogP contribution in [-0.4, -0.2) is 61.7 Å². The summed E-state index contributed by atoms with van der Waals surface area (Å²) >= 11 is 2.50. The van der Waals surface area contributed by atoms with Gasteiger partial charge in [-0.25, -0.2) is 8.42 Å². The molecule has 0 aliphatic carbocycles. The zero-order chi connectivity index (χ0) is 22.6. The van der Waals surface area contributed by atoms with E-state index in [9.17, 15) is 18.0 Å². The quantitative estimate of drug-likeness (QED) is 0.553. The maximum absolute atomic E-state index is 13.3. The second-order valence-electron chi connectivity index (χ2n) is 7.35. The lowest BCUT2D eigenvalue weighted by Crippen LogP contribution is -2.56. The van der Waals surface area contributed by atoms with Crippen molar-refractivity contribution in [2.45, 2.75) is 16.7 Å². The minimum absolute atomic E-state index is 0.202. The van der Waals surface area contributed by atoms with Gasteiger partial charge < -0.3 is 10.2 Å². The predicted molar refractivity (Wildman–Crippen MR) is 125 cm³/mol. The summed E-state index contributed by atoms with van der Waals surface area (Å²) in [6.07, 6.45) is 0.366. The summed E-state index contributed by atoms with van der Waals surface area (Å²) in [5.41, 5.74) is 0.941. The predicted octanol–water partition coefficient (Wildman–Crippen LogP) is 2.68. The van der Waals surface area contributed by atoms with E-state index in [1.807, 2.05) is 35.7 Å². The van der Waals surface area contributed by atoms with Crippen LogP contribution in [0.3, 0.4) is 0 Å². The van der Waals surface area contributed by atoms with Gasteiger partial charge in [0, 0.05) is 32.6 Å². The third kappa shape index (κ3) is 5.09. The highest BCUT2D eigenvalue weighted by Gasteiger charge is 2.33. The normalized spacial score (nSPS) is 15.9. The van der Waals surface area contributed by atoms with Gasteiger partial charge in [-0.3, -0.25) is 9.59 Å². The number of piperazine rings is 1. The number of hydrogen-bond donors (Lipinski definition) is 1. The molecule has 1 aliphatic heterocycles. The van der Waals surface area contributed by atoms with E-state index in [1.54, 1.807) is 34.5 Å². The number of carbonyl (C=O) groups excluding carboxylic acids is 2. The van der Waals surface area contributed by atoms with Crippen LogP contribution < -0.4 is 5.32 Å². The molecule has 0 unspecified atom stereocenters. The number of carbonyl (C=O) groups is 2. The average Bonchev–Trinajstić information content (AvgIpc) is 3.54. The Morgan fingerprint density at radius 2 is 1.59 bits per heavy atom. The summed E-state index contributed by atoms with van der Waals surface area (Å²) in [6.45, 7) is 1.01. The number of amides is 2. The van der Waals surface area contributed by atoms with Gasteiger partial charge >= 0.3 is 0 Å². The number of rotatable bonds is 7. The minimum atomic E-state index is -3.54. The van der Waals surface area contributed by atoms with E-state index in [0.717, 1.165) is 5.56 Å². The standard InChI is InChI=1S/C22H23N3O4S3/c26-21(19-8-4-14-30-19)23-18(16-17-6-2-1-3-7-17)22(27)24-10-12-25(13-11-24)32(28,29)20-9-5-15-31-20/h1-9,14-15,18H,10-13,16H2,(H,23,26)/t18-/m1/s1. The second kappa shape index (κ2) is 9.95. The van der Waals surface area contributed by atoms with Crippen LogP contribution in [-0.2, 0) is 21.2 Å². The molecule has 3 heterocycles. The molecular weight excluding hydrogens is 466 g/mol. The molecule has 0 spiro atoms. The first-order valence-corrected chi connectivity index (χ1v) is 13.4. The first kappa shape index (κ1) is 22.7. The van der Waals surface area contributed by atoms with E-state index >= 15 is 0 Å². The summed E-state index contributed by atoms with van der Waals surface area (Å²) in [5.74, 6) is -0.486. The molecule has 1 fully saturated rings. The number of hydrogen-bond acceptors (Lipinski definition) is 6. The van der Waals surface area contributed by atoms with Crippen molar-refractivity contribution in [1.29, 1.82) is 0 Å². The van der Waals surface area contributed by atoms with Crippen molar-refractivity contribution in [2.24, 2.45) is 0 Å². The Bertz CT molecular complexity index is 1140. The molecular formula is C22H23N3O4S3. The van der Waals surface area contributed by atoms with Crippen molar-refractivity contribution in [3.63, 3.8) is 0 Å². The van der Waals surface area contributed by atoms with Gasteiger partial charge in [0.2, 0.25) is 5.91 Å². The number of nitrogens with one attached hydrogen (secondary N) is 1. The van der Waals surface area contributed by atoms with E-state index in [0.29, 0.717) is 15.5 Å². The van der Waals surface area contributed by atoms with Crippen molar-refractivity contribution >= 4 is 44.5 Å². The van der Waals surface area contributed by atoms with Crippen LogP contribution in [0, 0.1) is 0 Å². The van der Waals surface area contributed by atoms with Gasteiger partial charge in [0.15, 0.2) is 0 Å². The molecule has 1 atom stereocenters. The zero-order valence-corrected chi connectivity index (χ0v) is 19.7. The average molecular weight is 490 g/mol. The summed E-state index contributed by atoms with van der Waals surface area (Å²) in [5, 5.41) is 6.43. The summed E-state index contributed by atoms with van der Waals surface area (Å²) in [7, 11) is -3.54. The van der Waals surface area contributed by atoms with Crippen molar-refractivity contribution < 1.29 is 18.0 Å². The maximum atomic E-state index is 13.3. The van der Waals surface area contributed by atoms with E-state index in [2.05, 4.69) is 5.32 Å². The van der Waals surface area contributed by atoms with Crippen LogP contribution in [0.4, 0.5) is 0 Å². The van der Waals surface area contributed by atoms with E-state index in [4.69, 9.17) is 0 Å². The maximum Gasteiger partial charge on any atom is 0.262 e. The van der Waals surface area contributed by atoms with Crippen LogP contribution in [0.1, 0.15) is 15.2 Å². The van der Waals surface area contributed by atoms with Crippen LogP contribution in [0.25, 0.3) is 0 Å². The molecule has 168 valence electrons. The molecule has 32 heavy (non-hydrogen) atoms. The molecule has 1 N–H and O–H groups in total. The molecule has 2 aromatic heterocycles. The molecule has 1 saturated heterocycles. The van der Waals surface area contributed by atoms with E-state index < -0.39 is 16.1 Å². The second-order valence-corrected chi connectivity index (χ2v) is 11.4. The number of sulfonamides is 1. The van der Waals surface area contributed by atoms with Crippen molar-refractivity contribution in [1.82, 2.24) is 14.5 Å². The molecule has 4 rings (SSSR count). The largest absolute Gasteiger partial charge is 0.339 e. The lowest BCUT2D eigenvalue weighted by Gasteiger charge is -2.35. The van der Waals surface area contributed by atoms with Crippen molar-refractivity contribution in [3.8, 4) is 0 Å². The molecule has 1 aromatic carbocycles. The van der Waals surface area contributed by atoms with Crippen molar-refractivity contribution in [2.75, 3.05) is 26.2 Å². The number of thiophene rings is 2. The Morgan fingerprint density at radius 3 is 2.22 bits per heavy atom. The molecule has 7 nitrogen and oxygen atoms in total. The topological polar surface area (TPSA) is 86.8 Å². The third-order valence-electron chi connectivity index (χ3n) is 5.27. The van der Waals surface area contributed by atoms with E-state index in [-0.39, 0.29) is 38.0 Å². The Hall–Kier alpha value is -2.53. The first-order valence-electron chi connectivity index (χ1n) is 10.2. The third-order valence-corrected chi connectivity index (χ3v) is 9.41. The molecule has 10 heteroatoms. The fourth-order valence-corrected chi connectivity index (χ4v) is 6.79. The Kier molecular flexibility index (Phi) is 7.04. The van der Waals surface area contributed by atoms with Gasteiger partial charge in [0.05, 0.1) is 4.88 Å². The summed E-state index contributed by atoms with van der Waals surface area (Å²) < 4.78 is 27.2. The van der Waals surface area contributed by atoms with Gasteiger partial charge in [0.1, 0.15) is 10.3 Å². The first-order chi connectivity index (χ1) is 15.4. The van der Waals surface area contributed by atoms with Gasteiger partial charge in [-0.2, -0.15) is 4.31 Å². The van der Waals surface area contributed by atoms with Gasteiger partial charge in [-0.15, -0.1) is 22.7 Å². The van der Waals surface area contributed by atoms with Gasteiger partial charge in [-0.1, -0.05) is 42.5 Å². The number of benzene rings is 1. The van der Waals surface area contributed by atoms with Crippen LogP contribution in [0.15, 0.2) is 69.6 Å². The van der Waals surface area contributed by atoms with Gasteiger partial charge in [-0.05, 0) is 28.5 Å². The Labute approximate surface area is 195 Å². The SMILES string of the molecule is O=C(N[C@H](Cc1ccccc1)C(=O)N1CCN(S(=O)(=O)c2cccs2)CC1)c1cccs1. The zero-order valence-electron chi connectivity index (χ0n) is 17.2. The minimum Gasteiger partial charge on any atom is -0.339 e. The summed E-state index contributed by atoms with van der Waals surface area (Å²) in [4.78, 5) is 28.2. The Balaban J connectivity index is 1.45. The fourth-order valence-electron chi connectivity index (χ4n) is 3.59. The molecule has 0 bridgehead atoms. The fraction of sp³-hybridized carbons (Fsp3) is 0.273. The van der Waals surface area contributed by atoms with Gasteiger partial charge in [0.25, 0.3) is 15.9 Å². The highest BCUT2D eigenvalue weighted by Crippen LogP contribution is 2.22. The lowest BCUT2D eigenvalue weighted by atomic mass is 10.0. The summed E-state index contributed by atoms with van der Waals surface area (Å²) in [6, 6.07) is 15.6. The lowest BCUT2D eigenvalue weighted by molar-refractivity contribution is -0.134. The molecule has 0 saturated carbocycles. The van der Waals surface area contributed by atoms with Crippen LogP contribution in [0.5, 0.6) is 0 Å². The monoisotopic (exact) mass is 489 g/mol. The van der Waals surface area contributed by atoms with E-state index in [1.165, 1.54) is 27.0 Å². The highest BCUT2D eigenvalue weighted by molar-refractivity contribution is 7.91.